The Kier molecular flexibility index (Phi) is 6.16. The van der Waals surface area contributed by atoms with Gasteiger partial charge in [-0.2, -0.15) is 0 Å². The third-order valence-corrected chi connectivity index (χ3v) is 4.69. The second-order valence-electron chi connectivity index (χ2n) is 5.97. The number of methoxy groups -OCH3 is 1. The number of anilines is 1. The second-order valence-corrected chi connectivity index (χ2v) is 6.82. The Bertz CT molecular complexity index is 897. The molecule has 1 heterocycles. The van der Waals surface area contributed by atoms with Crippen molar-refractivity contribution in [2.75, 3.05) is 25.6 Å². The fraction of sp³-hybridized carbons (Fsp3) is 0.200. The minimum atomic E-state index is -0.390. The van der Waals surface area contributed by atoms with Gasteiger partial charge >= 0.3 is 0 Å². The van der Waals surface area contributed by atoms with Crippen molar-refractivity contribution in [3.05, 3.63) is 69.8 Å². The maximum Gasteiger partial charge on any atom is 0.278 e. The molecule has 0 atom stereocenters. The Hall–Kier alpha value is -2.34. The third-order valence-electron chi connectivity index (χ3n) is 4.14. The van der Waals surface area contributed by atoms with E-state index < -0.39 is 5.91 Å². The summed E-state index contributed by atoms with van der Waals surface area (Å²) in [7, 11) is 1.58. The molecule has 140 valence electrons. The molecular weight excluding hydrogens is 387 g/mol. The Balaban J connectivity index is 2.03. The van der Waals surface area contributed by atoms with Crippen LogP contribution in [0.5, 0.6) is 0 Å². The van der Waals surface area contributed by atoms with Gasteiger partial charge in [-0.1, -0.05) is 47.5 Å². The van der Waals surface area contributed by atoms with E-state index in [1.165, 1.54) is 4.90 Å². The van der Waals surface area contributed by atoms with Gasteiger partial charge in [0.2, 0.25) is 0 Å². The van der Waals surface area contributed by atoms with E-state index in [1.807, 2.05) is 30.3 Å². The van der Waals surface area contributed by atoms with Gasteiger partial charge in [0.15, 0.2) is 0 Å². The molecule has 7 heteroatoms. The van der Waals surface area contributed by atoms with E-state index in [0.29, 0.717) is 34.3 Å². The maximum absolute atomic E-state index is 13.0. The first-order valence-electron chi connectivity index (χ1n) is 8.40. The zero-order valence-corrected chi connectivity index (χ0v) is 16.2. The van der Waals surface area contributed by atoms with Gasteiger partial charge < -0.3 is 10.1 Å². The van der Waals surface area contributed by atoms with Gasteiger partial charge in [0.25, 0.3) is 11.8 Å². The quantitative estimate of drug-likeness (QED) is 0.554. The van der Waals surface area contributed by atoms with Crippen molar-refractivity contribution >= 4 is 46.3 Å². The molecular formula is C20H18Cl2N2O3. The molecule has 2 aromatic carbocycles. The molecule has 0 fully saturated rings. The number of nitrogens with zero attached hydrogens (tertiary/aromatic N) is 1. The molecule has 5 nitrogen and oxygen atoms in total. The zero-order chi connectivity index (χ0) is 19.4. The average molecular weight is 405 g/mol. The largest absolute Gasteiger partial charge is 0.385 e. The van der Waals surface area contributed by atoms with Crippen LogP contribution in [0.2, 0.25) is 10.0 Å². The summed E-state index contributed by atoms with van der Waals surface area (Å²) in [5.41, 5.74) is 1.61. The number of ether oxygens (including phenoxy) is 1. The molecule has 1 aliphatic heterocycles. The summed E-state index contributed by atoms with van der Waals surface area (Å²) < 4.78 is 5.02. The average Bonchev–Trinajstić information content (AvgIpc) is 2.87. The van der Waals surface area contributed by atoms with Gasteiger partial charge in [-0.3, -0.25) is 14.5 Å². The Morgan fingerprint density at radius 3 is 2.44 bits per heavy atom. The Morgan fingerprint density at radius 1 is 1.04 bits per heavy atom. The third kappa shape index (κ3) is 4.16. The van der Waals surface area contributed by atoms with E-state index in [1.54, 1.807) is 25.3 Å². The number of benzene rings is 2. The summed E-state index contributed by atoms with van der Waals surface area (Å²) in [4.78, 5) is 27.2. The number of nitrogens with one attached hydrogen (secondary N) is 1. The lowest BCUT2D eigenvalue weighted by Gasteiger charge is -2.15. The van der Waals surface area contributed by atoms with Gasteiger partial charge in [-0.05, 0) is 30.7 Å². The number of hydrogen-bond donors (Lipinski definition) is 1. The minimum absolute atomic E-state index is 0.202. The van der Waals surface area contributed by atoms with Gasteiger partial charge in [-0.25, -0.2) is 0 Å². The predicted octanol–water partition coefficient (Wildman–Crippen LogP) is 4.22. The van der Waals surface area contributed by atoms with E-state index in [4.69, 9.17) is 27.9 Å². The number of imide groups is 1. The lowest BCUT2D eigenvalue weighted by molar-refractivity contribution is -0.136. The number of amides is 2. The Morgan fingerprint density at radius 2 is 1.78 bits per heavy atom. The van der Waals surface area contributed by atoms with Crippen LogP contribution in [0.25, 0.3) is 5.57 Å². The summed E-state index contributed by atoms with van der Waals surface area (Å²) in [6.07, 6.45) is 0.550. The molecule has 0 bridgehead atoms. The van der Waals surface area contributed by atoms with Crippen molar-refractivity contribution in [2.24, 2.45) is 0 Å². The van der Waals surface area contributed by atoms with Crippen LogP contribution in [0.1, 0.15) is 12.0 Å². The fourth-order valence-electron chi connectivity index (χ4n) is 2.87. The topological polar surface area (TPSA) is 58.6 Å². The first kappa shape index (κ1) is 19.4. The number of carbonyl (C=O) groups is 2. The van der Waals surface area contributed by atoms with Crippen LogP contribution in [0.3, 0.4) is 0 Å². The highest BCUT2D eigenvalue weighted by atomic mass is 35.5. The molecule has 3 rings (SSSR count). The summed E-state index contributed by atoms with van der Waals surface area (Å²) >= 11 is 12.3. The molecule has 0 aliphatic carbocycles. The molecule has 0 radical (unpaired) electrons. The van der Waals surface area contributed by atoms with Crippen LogP contribution >= 0.6 is 23.2 Å². The summed E-state index contributed by atoms with van der Waals surface area (Å²) in [5, 5.41) is 3.84. The van der Waals surface area contributed by atoms with E-state index in [0.717, 1.165) is 0 Å². The molecule has 2 aromatic rings. The number of hydrogen-bond acceptors (Lipinski definition) is 4. The molecule has 0 unspecified atom stereocenters. The highest BCUT2D eigenvalue weighted by Crippen LogP contribution is 2.35. The van der Waals surface area contributed by atoms with Gasteiger partial charge in [0.1, 0.15) is 5.70 Å². The highest BCUT2D eigenvalue weighted by Gasteiger charge is 2.39. The first-order chi connectivity index (χ1) is 13.0. The van der Waals surface area contributed by atoms with Crippen LogP contribution in [0.15, 0.2) is 54.2 Å². The fourth-order valence-corrected chi connectivity index (χ4v) is 3.37. The Labute approximate surface area is 167 Å². The molecule has 1 aliphatic rings. The molecule has 2 amide bonds. The lowest BCUT2D eigenvalue weighted by atomic mass is 10.0. The predicted molar refractivity (Wildman–Crippen MR) is 107 cm³/mol. The molecule has 27 heavy (non-hydrogen) atoms. The first-order valence-corrected chi connectivity index (χ1v) is 9.15. The van der Waals surface area contributed by atoms with Crippen molar-refractivity contribution in [2.45, 2.75) is 6.42 Å². The van der Waals surface area contributed by atoms with E-state index >= 15 is 0 Å². The molecule has 1 N–H and O–H groups in total. The van der Waals surface area contributed by atoms with Gasteiger partial charge in [-0.15, -0.1) is 0 Å². The van der Waals surface area contributed by atoms with Gasteiger partial charge in [0.05, 0.1) is 10.6 Å². The van der Waals surface area contributed by atoms with Crippen LogP contribution < -0.4 is 5.32 Å². The molecule has 0 saturated heterocycles. The smallest absolute Gasteiger partial charge is 0.278 e. The van der Waals surface area contributed by atoms with E-state index in [2.05, 4.69) is 5.32 Å². The number of carbonyl (C=O) groups excluding carboxylic acids is 2. The summed E-state index contributed by atoms with van der Waals surface area (Å²) in [6.45, 7) is 0.718. The lowest BCUT2D eigenvalue weighted by Crippen LogP contribution is -2.33. The number of halogens is 2. The van der Waals surface area contributed by atoms with Crippen molar-refractivity contribution < 1.29 is 14.3 Å². The number of para-hydroxylation sites is 1. The summed E-state index contributed by atoms with van der Waals surface area (Å²) in [5.74, 6) is -0.778. The minimum Gasteiger partial charge on any atom is -0.385 e. The zero-order valence-electron chi connectivity index (χ0n) is 14.7. The summed E-state index contributed by atoms with van der Waals surface area (Å²) in [6, 6.07) is 14.0. The van der Waals surface area contributed by atoms with E-state index in [9.17, 15) is 9.59 Å². The molecule has 0 saturated carbocycles. The van der Waals surface area contributed by atoms with Crippen LogP contribution in [0, 0.1) is 0 Å². The maximum atomic E-state index is 13.0. The highest BCUT2D eigenvalue weighted by molar-refractivity contribution is 6.41. The van der Waals surface area contributed by atoms with Crippen LogP contribution in [0.4, 0.5) is 5.69 Å². The van der Waals surface area contributed by atoms with Crippen molar-refractivity contribution in [3.8, 4) is 0 Å². The van der Waals surface area contributed by atoms with Crippen molar-refractivity contribution in [1.29, 1.82) is 0 Å². The van der Waals surface area contributed by atoms with Gasteiger partial charge in [0, 0.05) is 36.5 Å². The second kappa shape index (κ2) is 8.57. The normalized spacial score (nSPS) is 14.3. The monoisotopic (exact) mass is 404 g/mol. The van der Waals surface area contributed by atoms with Crippen LogP contribution in [-0.4, -0.2) is 37.0 Å². The number of rotatable bonds is 7. The molecule has 0 aromatic heterocycles. The SMILES string of the molecule is COCCCN1C(=O)C(Nc2ccccc2)=C(c2ccc(Cl)cc2Cl)C1=O. The van der Waals surface area contributed by atoms with Crippen LogP contribution in [-0.2, 0) is 14.3 Å². The molecule has 0 spiro atoms. The van der Waals surface area contributed by atoms with Crippen molar-refractivity contribution in [1.82, 2.24) is 4.90 Å². The van der Waals surface area contributed by atoms with E-state index in [-0.39, 0.29) is 23.7 Å². The van der Waals surface area contributed by atoms with Crippen molar-refractivity contribution in [3.63, 3.8) is 0 Å². The standard InChI is InChI=1S/C20H18Cl2N2O3/c1-27-11-5-10-24-19(25)17(15-9-8-13(21)12-16(15)22)18(20(24)26)23-14-6-3-2-4-7-14/h2-4,6-9,12,23H,5,10-11H2,1H3.